The van der Waals surface area contributed by atoms with Crippen molar-refractivity contribution in [2.24, 2.45) is 0 Å². The second kappa shape index (κ2) is 33.6. The second-order valence-corrected chi connectivity index (χ2v) is 12.5. The fourth-order valence-electron chi connectivity index (χ4n) is 5.67. The maximum absolute atomic E-state index is 12.0. The molecule has 1 atom stereocenters. The van der Waals surface area contributed by atoms with Gasteiger partial charge in [0.1, 0.15) is 0 Å². The second-order valence-electron chi connectivity index (χ2n) is 12.5. The lowest BCUT2D eigenvalue weighted by Crippen LogP contribution is -2.23. The summed E-state index contributed by atoms with van der Waals surface area (Å²) in [6.07, 6.45) is 39.7. The van der Waals surface area contributed by atoms with E-state index in [0.717, 1.165) is 32.2 Å². The Morgan fingerprint density at radius 2 is 0.769 bits per heavy atom. The molecule has 0 aliphatic rings. The van der Waals surface area contributed by atoms with Crippen molar-refractivity contribution in [2.45, 2.75) is 219 Å². The zero-order valence-corrected chi connectivity index (χ0v) is 27.1. The van der Waals surface area contributed by atoms with Crippen molar-refractivity contribution in [1.29, 1.82) is 0 Å². The molecule has 0 aromatic rings. The van der Waals surface area contributed by atoms with Gasteiger partial charge in [0.25, 0.3) is 0 Å². The molecule has 0 spiro atoms. The van der Waals surface area contributed by atoms with Gasteiger partial charge in [-0.1, -0.05) is 181 Å². The minimum atomic E-state index is -0.0722. The number of aliphatic hydroxyl groups excluding tert-OH is 1. The molecule has 3 heteroatoms. The molecule has 39 heavy (non-hydrogen) atoms. The van der Waals surface area contributed by atoms with E-state index in [-0.39, 0.29) is 12.0 Å². The molecule has 0 aliphatic carbocycles. The van der Waals surface area contributed by atoms with Crippen LogP contribution in [-0.4, -0.2) is 23.7 Å². The molecule has 1 unspecified atom stereocenters. The number of hydrogen-bond acceptors (Lipinski definition) is 2. The summed E-state index contributed by atoms with van der Waals surface area (Å²) >= 11 is 0. The van der Waals surface area contributed by atoms with Gasteiger partial charge < -0.3 is 10.4 Å². The Hall–Kier alpha value is -0.570. The Labute approximate surface area is 246 Å². The van der Waals surface area contributed by atoms with Crippen LogP contribution in [0.25, 0.3) is 0 Å². The lowest BCUT2D eigenvalue weighted by Gasteiger charge is -2.10. The summed E-state index contributed by atoms with van der Waals surface area (Å²) in [6.45, 7) is 5.39. The molecule has 0 aromatic carbocycles. The average molecular weight is 552 g/mol. The van der Waals surface area contributed by atoms with E-state index in [4.69, 9.17) is 0 Å². The van der Waals surface area contributed by atoms with Crippen molar-refractivity contribution in [3.05, 3.63) is 0 Å². The molecule has 0 radical (unpaired) electrons. The van der Waals surface area contributed by atoms with E-state index in [9.17, 15) is 9.90 Å². The number of carbonyl (C=O) groups excluding carboxylic acids is 1. The first kappa shape index (κ1) is 38.4. The van der Waals surface area contributed by atoms with Crippen LogP contribution in [0.4, 0.5) is 0 Å². The van der Waals surface area contributed by atoms with Crippen LogP contribution in [-0.2, 0) is 4.79 Å². The molecule has 0 rings (SSSR count). The molecule has 2 N–H and O–H groups in total. The number of carbonyl (C=O) groups is 1. The Bertz CT molecular complexity index is 467. The van der Waals surface area contributed by atoms with E-state index in [1.54, 1.807) is 0 Å². The van der Waals surface area contributed by atoms with Crippen LogP contribution in [0.5, 0.6) is 0 Å². The standard InChI is InChI=1S/C36H73NO2/c1-3-5-7-9-10-11-12-13-14-15-16-17-20-23-26-30-34-37-36(39)33-29-25-22-19-18-21-24-28-32-35(38)31-27-8-6-4-2/h35,38H,3-34H2,1-2H3,(H,37,39). The van der Waals surface area contributed by atoms with Crippen LogP contribution in [0.3, 0.4) is 0 Å². The van der Waals surface area contributed by atoms with Gasteiger partial charge in [-0.2, -0.15) is 0 Å². The zero-order chi connectivity index (χ0) is 28.5. The van der Waals surface area contributed by atoms with Crippen molar-refractivity contribution in [3.8, 4) is 0 Å². The SMILES string of the molecule is CCCCCCCCCCCCCCCCCCNC(=O)CCCCCCCCCCC(O)CCCCCC. The van der Waals surface area contributed by atoms with Crippen molar-refractivity contribution >= 4 is 5.91 Å². The number of hydrogen-bond donors (Lipinski definition) is 2. The molecule has 0 saturated carbocycles. The average Bonchev–Trinajstić information content (AvgIpc) is 2.93. The third-order valence-corrected chi connectivity index (χ3v) is 8.43. The molecule has 0 fully saturated rings. The highest BCUT2D eigenvalue weighted by Gasteiger charge is 2.04. The van der Waals surface area contributed by atoms with Crippen LogP contribution < -0.4 is 5.32 Å². The van der Waals surface area contributed by atoms with Gasteiger partial charge in [0.15, 0.2) is 0 Å². The predicted molar refractivity (Wildman–Crippen MR) is 173 cm³/mol. The Morgan fingerprint density at radius 1 is 0.462 bits per heavy atom. The highest BCUT2D eigenvalue weighted by atomic mass is 16.3. The van der Waals surface area contributed by atoms with Gasteiger partial charge >= 0.3 is 0 Å². The molecule has 0 aromatic heterocycles. The number of amides is 1. The molecule has 0 bridgehead atoms. The summed E-state index contributed by atoms with van der Waals surface area (Å²) in [4.78, 5) is 12.0. The Balaban J connectivity index is 3.20. The van der Waals surface area contributed by atoms with E-state index in [0.29, 0.717) is 6.42 Å². The van der Waals surface area contributed by atoms with Gasteiger partial charge in [0.2, 0.25) is 5.91 Å². The first-order chi connectivity index (χ1) is 19.2. The number of unbranched alkanes of at least 4 members (excludes halogenated alkanes) is 25. The lowest BCUT2D eigenvalue weighted by atomic mass is 10.0. The zero-order valence-electron chi connectivity index (χ0n) is 27.1. The van der Waals surface area contributed by atoms with Crippen LogP contribution >= 0.6 is 0 Å². The molecule has 0 saturated heterocycles. The van der Waals surface area contributed by atoms with E-state index in [1.807, 2.05) is 0 Å². The first-order valence-corrected chi connectivity index (χ1v) is 18.2. The summed E-state index contributed by atoms with van der Waals surface area (Å²) in [6, 6.07) is 0. The number of nitrogens with one attached hydrogen (secondary N) is 1. The van der Waals surface area contributed by atoms with Gasteiger partial charge in [0.05, 0.1) is 6.10 Å². The maximum atomic E-state index is 12.0. The number of rotatable bonds is 33. The van der Waals surface area contributed by atoms with Gasteiger partial charge in [-0.3, -0.25) is 4.79 Å². The Morgan fingerprint density at radius 3 is 1.18 bits per heavy atom. The first-order valence-electron chi connectivity index (χ1n) is 18.2. The summed E-state index contributed by atoms with van der Waals surface area (Å²) < 4.78 is 0. The van der Waals surface area contributed by atoms with Crippen molar-refractivity contribution in [1.82, 2.24) is 5.32 Å². The summed E-state index contributed by atoms with van der Waals surface area (Å²) in [5, 5.41) is 13.2. The summed E-state index contributed by atoms with van der Waals surface area (Å²) in [7, 11) is 0. The van der Waals surface area contributed by atoms with Crippen LogP contribution in [0, 0.1) is 0 Å². The summed E-state index contributed by atoms with van der Waals surface area (Å²) in [5.74, 6) is 0.254. The predicted octanol–water partition coefficient (Wildman–Crippen LogP) is 11.6. The van der Waals surface area contributed by atoms with Gasteiger partial charge in [-0.25, -0.2) is 0 Å². The lowest BCUT2D eigenvalue weighted by molar-refractivity contribution is -0.121. The van der Waals surface area contributed by atoms with Crippen molar-refractivity contribution in [2.75, 3.05) is 6.54 Å². The smallest absolute Gasteiger partial charge is 0.219 e. The van der Waals surface area contributed by atoms with Crippen molar-refractivity contribution in [3.63, 3.8) is 0 Å². The molecular formula is C36H73NO2. The third-order valence-electron chi connectivity index (χ3n) is 8.43. The monoisotopic (exact) mass is 552 g/mol. The van der Waals surface area contributed by atoms with E-state index < -0.39 is 0 Å². The molecule has 234 valence electrons. The number of aliphatic hydroxyl groups is 1. The Kier molecular flexibility index (Phi) is 33.1. The fraction of sp³-hybridized carbons (Fsp3) is 0.972. The quantitative estimate of drug-likeness (QED) is 0.0797. The van der Waals surface area contributed by atoms with Crippen LogP contribution in [0.1, 0.15) is 213 Å². The highest BCUT2D eigenvalue weighted by Crippen LogP contribution is 2.15. The molecular weight excluding hydrogens is 478 g/mol. The summed E-state index contributed by atoms with van der Waals surface area (Å²) in [5.41, 5.74) is 0. The molecule has 1 amide bonds. The van der Waals surface area contributed by atoms with Gasteiger partial charge in [-0.05, 0) is 25.7 Å². The van der Waals surface area contributed by atoms with E-state index >= 15 is 0 Å². The van der Waals surface area contributed by atoms with Crippen LogP contribution in [0.2, 0.25) is 0 Å². The minimum Gasteiger partial charge on any atom is -0.393 e. The van der Waals surface area contributed by atoms with Crippen molar-refractivity contribution < 1.29 is 9.90 Å². The van der Waals surface area contributed by atoms with E-state index in [2.05, 4.69) is 19.2 Å². The largest absolute Gasteiger partial charge is 0.393 e. The van der Waals surface area contributed by atoms with Gasteiger partial charge in [-0.15, -0.1) is 0 Å². The fourth-order valence-corrected chi connectivity index (χ4v) is 5.67. The maximum Gasteiger partial charge on any atom is 0.219 e. The van der Waals surface area contributed by atoms with E-state index in [1.165, 1.54) is 167 Å². The third kappa shape index (κ3) is 33.5. The molecule has 0 heterocycles. The van der Waals surface area contributed by atoms with Gasteiger partial charge in [0, 0.05) is 13.0 Å². The molecule has 3 nitrogen and oxygen atoms in total. The topological polar surface area (TPSA) is 49.3 Å². The minimum absolute atomic E-state index is 0.0722. The van der Waals surface area contributed by atoms with Crippen LogP contribution in [0.15, 0.2) is 0 Å². The molecule has 0 aliphatic heterocycles. The normalized spacial score (nSPS) is 12.2. The highest BCUT2D eigenvalue weighted by molar-refractivity contribution is 5.75.